The second-order valence-corrected chi connectivity index (χ2v) is 12.6. The molecular formula is C28H29N3O7S2. The summed E-state index contributed by atoms with van der Waals surface area (Å²) in [4.78, 5) is 49.0. The molecule has 0 saturated carbocycles. The highest BCUT2D eigenvalue weighted by molar-refractivity contribution is 8.14. The minimum absolute atomic E-state index is 0.00539. The topological polar surface area (TPSA) is 139 Å². The SMILES string of the molecule is COC(=O)c1ccc(NCC(=O)CNC(=O)C2CC(SC(C)=O)CN2S(=O)(=O)c2ccc3ccccc3c2)cc1. The number of esters is 1. The van der Waals surface area contributed by atoms with Gasteiger partial charge < -0.3 is 15.4 Å². The van der Waals surface area contributed by atoms with Crippen LogP contribution in [0.15, 0.2) is 71.6 Å². The first-order valence-electron chi connectivity index (χ1n) is 12.5. The van der Waals surface area contributed by atoms with Crippen LogP contribution in [0, 0.1) is 0 Å². The number of hydrogen-bond donors (Lipinski definition) is 2. The van der Waals surface area contributed by atoms with Gasteiger partial charge in [-0.05, 0) is 53.6 Å². The van der Waals surface area contributed by atoms with Gasteiger partial charge in [-0.1, -0.05) is 42.1 Å². The smallest absolute Gasteiger partial charge is 0.337 e. The minimum atomic E-state index is -4.07. The Balaban J connectivity index is 1.42. The summed E-state index contributed by atoms with van der Waals surface area (Å²) in [7, 11) is -2.79. The van der Waals surface area contributed by atoms with E-state index in [1.54, 1.807) is 36.4 Å². The Bertz CT molecular complexity index is 1540. The summed E-state index contributed by atoms with van der Waals surface area (Å²) in [5.74, 6) is -1.41. The zero-order valence-electron chi connectivity index (χ0n) is 22.0. The van der Waals surface area contributed by atoms with E-state index in [0.29, 0.717) is 11.3 Å². The van der Waals surface area contributed by atoms with Gasteiger partial charge in [-0.2, -0.15) is 4.31 Å². The average Bonchev–Trinajstić information content (AvgIpc) is 3.38. The van der Waals surface area contributed by atoms with E-state index in [4.69, 9.17) is 0 Å². The van der Waals surface area contributed by atoms with Crippen molar-refractivity contribution in [3.8, 4) is 0 Å². The van der Waals surface area contributed by atoms with Crippen molar-refractivity contribution in [2.75, 3.05) is 32.1 Å². The van der Waals surface area contributed by atoms with E-state index >= 15 is 0 Å². The first-order valence-corrected chi connectivity index (χ1v) is 14.8. The summed E-state index contributed by atoms with van der Waals surface area (Å²) < 4.78 is 33.1. The summed E-state index contributed by atoms with van der Waals surface area (Å²) in [6, 6.07) is 17.4. The van der Waals surface area contributed by atoms with Gasteiger partial charge in [0.1, 0.15) is 6.04 Å². The van der Waals surface area contributed by atoms with Crippen molar-refractivity contribution in [1.29, 1.82) is 0 Å². The van der Waals surface area contributed by atoms with Crippen LogP contribution >= 0.6 is 11.8 Å². The summed E-state index contributed by atoms with van der Waals surface area (Å²) in [5, 5.41) is 6.54. The molecule has 3 aromatic rings. The monoisotopic (exact) mass is 583 g/mol. The number of nitrogens with one attached hydrogen (secondary N) is 2. The second-order valence-electron chi connectivity index (χ2n) is 9.25. The van der Waals surface area contributed by atoms with E-state index in [2.05, 4.69) is 15.4 Å². The molecular weight excluding hydrogens is 554 g/mol. The molecule has 1 aliphatic heterocycles. The van der Waals surface area contributed by atoms with Gasteiger partial charge in [-0.3, -0.25) is 14.4 Å². The molecule has 0 aliphatic carbocycles. The van der Waals surface area contributed by atoms with Crippen molar-refractivity contribution >= 4 is 61.0 Å². The third-order valence-electron chi connectivity index (χ3n) is 6.44. The number of ether oxygens (including phenoxy) is 1. The average molecular weight is 584 g/mol. The van der Waals surface area contributed by atoms with E-state index in [1.807, 2.05) is 24.3 Å². The number of carbonyl (C=O) groups is 4. The van der Waals surface area contributed by atoms with Crippen molar-refractivity contribution in [3.05, 3.63) is 72.3 Å². The first kappa shape index (κ1) is 29.2. The summed E-state index contributed by atoms with van der Waals surface area (Å²) >= 11 is 1.00. The number of methoxy groups -OCH3 is 1. The van der Waals surface area contributed by atoms with E-state index < -0.39 is 33.2 Å². The fourth-order valence-electron chi connectivity index (χ4n) is 4.46. The summed E-state index contributed by atoms with van der Waals surface area (Å²) in [5.41, 5.74) is 0.965. The van der Waals surface area contributed by atoms with Crippen LogP contribution in [0.3, 0.4) is 0 Å². The molecule has 0 radical (unpaired) electrons. The quantitative estimate of drug-likeness (QED) is 0.345. The first-order chi connectivity index (χ1) is 19.1. The van der Waals surface area contributed by atoms with Gasteiger partial charge in [-0.15, -0.1) is 0 Å². The lowest BCUT2D eigenvalue weighted by Gasteiger charge is -2.23. The molecule has 2 atom stereocenters. The highest BCUT2D eigenvalue weighted by Gasteiger charge is 2.44. The molecule has 1 fully saturated rings. The number of fused-ring (bicyclic) bond motifs is 1. The van der Waals surface area contributed by atoms with E-state index in [9.17, 15) is 27.6 Å². The molecule has 1 amide bonds. The molecule has 0 aromatic heterocycles. The molecule has 0 bridgehead atoms. The molecule has 1 saturated heterocycles. The number of nitrogens with zero attached hydrogens (tertiary/aromatic N) is 1. The Morgan fingerprint density at radius 1 is 0.975 bits per heavy atom. The van der Waals surface area contributed by atoms with Gasteiger partial charge in [0.2, 0.25) is 15.9 Å². The Hall–Kier alpha value is -3.74. The lowest BCUT2D eigenvalue weighted by Crippen LogP contribution is -2.47. The van der Waals surface area contributed by atoms with Crippen LogP contribution in [0.5, 0.6) is 0 Å². The third kappa shape index (κ3) is 6.87. The molecule has 210 valence electrons. The number of thioether (sulfide) groups is 1. The van der Waals surface area contributed by atoms with Crippen molar-refractivity contribution in [1.82, 2.24) is 9.62 Å². The van der Waals surface area contributed by atoms with E-state index in [-0.39, 0.29) is 41.8 Å². The normalized spacial score (nSPS) is 17.4. The summed E-state index contributed by atoms with van der Waals surface area (Å²) in [6.07, 6.45) is 0.141. The number of amides is 1. The number of anilines is 1. The number of rotatable bonds is 10. The van der Waals surface area contributed by atoms with Crippen LogP contribution < -0.4 is 10.6 Å². The predicted octanol–water partition coefficient (Wildman–Crippen LogP) is 2.84. The minimum Gasteiger partial charge on any atom is -0.465 e. The Labute approximate surface area is 236 Å². The van der Waals surface area contributed by atoms with E-state index in [1.165, 1.54) is 20.1 Å². The van der Waals surface area contributed by atoms with Gasteiger partial charge in [0.25, 0.3) is 0 Å². The highest BCUT2D eigenvalue weighted by atomic mass is 32.2. The van der Waals surface area contributed by atoms with Crippen molar-refractivity contribution in [2.45, 2.75) is 29.5 Å². The van der Waals surface area contributed by atoms with Crippen molar-refractivity contribution < 1.29 is 32.3 Å². The van der Waals surface area contributed by atoms with Crippen molar-refractivity contribution in [3.63, 3.8) is 0 Å². The van der Waals surface area contributed by atoms with Crippen molar-refractivity contribution in [2.24, 2.45) is 0 Å². The molecule has 2 unspecified atom stereocenters. The number of ketones is 1. The van der Waals surface area contributed by atoms with Gasteiger partial charge in [0.05, 0.1) is 30.7 Å². The number of sulfonamides is 1. The van der Waals surface area contributed by atoms with Gasteiger partial charge in [0.15, 0.2) is 10.9 Å². The number of Topliss-reactive ketones (excluding diaryl/α,β-unsaturated/α-hetero) is 1. The molecule has 2 N–H and O–H groups in total. The molecule has 3 aromatic carbocycles. The molecule has 0 spiro atoms. The number of carbonyl (C=O) groups excluding carboxylic acids is 4. The van der Waals surface area contributed by atoms with Crippen LogP contribution in [-0.4, -0.2) is 73.5 Å². The molecule has 1 aliphatic rings. The Morgan fingerprint density at radius 2 is 1.68 bits per heavy atom. The lowest BCUT2D eigenvalue weighted by molar-refractivity contribution is -0.126. The Morgan fingerprint density at radius 3 is 2.35 bits per heavy atom. The molecule has 12 heteroatoms. The predicted molar refractivity (Wildman–Crippen MR) is 153 cm³/mol. The maximum atomic E-state index is 13.7. The molecule has 10 nitrogen and oxygen atoms in total. The van der Waals surface area contributed by atoms with Crippen LogP contribution in [0.4, 0.5) is 5.69 Å². The van der Waals surface area contributed by atoms with Crippen LogP contribution in [0.25, 0.3) is 10.8 Å². The van der Waals surface area contributed by atoms with Crippen LogP contribution in [0.1, 0.15) is 23.7 Å². The molecule has 1 heterocycles. The van der Waals surface area contributed by atoms with Gasteiger partial charge in [-0.25, -0.2) is 13.2 Å². The van der Waals surface area contributed by atoms with Crippen LogP contribution in [-0.2, 0) is 29.1 Å². The van der Waals surface area contributed by atoms with Crippen LogP contribution in [0.2, 0.25) is 0 Å². The maximum Gasteiger partial charge on any atom is 0.337 e. The highest BCUT2D eigenvalue weighted by Crippen LogP contribution is 2.33. The second kappa shape index (κ2) is 12.6. The lowest BCUT2D eigenvalue weighted by atomic mass is 10.1. The van der Waals surface area contributed by atoms with E-state index in [0.717, 1.165) is 26.8 Å². The number of benzene rings is 3. The number of hydrogen-bond acceptors (Lipinski definition) is 9. The zero-order valence-corrected chi connectivity index (χ0v) is 23.6. The largest absolute Gasteiger partial charge is 0.465 e. The van der Waals surface area contributed by atoms with Gasteiger partial charge in [0, 0.05) is 24.4 Å². The Kier molecular flexibility index (Phi) is 9.23. The fourth-order valence-corrected chi connectivity index (χ4v) is 7.22. The van der Waals surface area contributed by atoms with Gasteiger partial charge >= 0.3 is 5.97 Å². The third-order valence-corrected chi connectivity index (χ3v) is 9.31. The maximum absolute atomic E-state index is 13.7. The molecule has 40 heavy (non-hydrogen) atoms. The summed E-state index contributed by atoms with van der Waals surface area (Å²) in [6.45, 7) is 0.991. The molecule has 4 rings (SSSR count). The standard InChI is InChI=1S/C28H29N3O7S2/c1-18(32)39-24-14-26(31(17-24)40(36,37)25-12-9-19-5-3-4-6-21(19)13-25)27(34)30-16-23(33)15-29-22-10-7-20(8-11-22)28(35)38-2/h3-13,24,26,29H,14-17H2,1-2H3,(H,30,34). The fraction of sp³-hybridized carbons (Fsp3) is 0.286. The zero-order chi connectivity index (χ0) is 28.9.